The molecule has 5 amide bonds. The van der Waals surface area contributed by atoms with E-state index in [1.807, 2.05) is 208 Å². The first-order valence-electron chi connectivity index (χ1n) is 47.7. The lowest BCUT2D eigenvalue weighted by atomic mass is 9.95. The zero-order chi connectivity index (χ0) is 98.4. The van der Waals surface area contributed by atoms with Crippen LogP contribution in [-0.2, 0) is 76.1 Å². The Hall–Kier alpha value is -3.33. The molecule has 0 aromatic heterocycles. The van der Waals surface area contributed by atoms with Gasteiger partial charge in [0.2, 0.25) is 29.5 Å². The second-order valence-electron chi connectivity index (χ2n) is 45.6. The average Bonchev–Trinajstić information content (AvgIpc) is 0.884. The van der Waals surface area contributed by atoms with Crippen LogP contribution in [0.5, 0.6) is 0 Å². The van der Waals surface area contributed by atoms with Crippen molar-refractivity contribution in [2.75, 3.05) is 158 Å². The lowest BCUT2D eigenvalue weighted by Crippen LogP contribution is -2.54. The van der Waals surface area contributed by atoms with Crippen LogP contribution in [-0.4, -0.2) is 271 Å². The van der Waals surface area contributed by atoms with E-state index >= 15 is 0 Å². The molecule has 0 aliphatic rings. The minimum atomic E-state index is -0.391. The number of ether oxygens (including phenoxy) is 11. The van der Waals surface area contributed by atoms with E-state index in [9.17, 15) is 44.4 Å². The summed E-state index contributed by atoms with van der Waals surface area (Å²) in [5, 5.41) is 59.1. The molecule has 0 aromatic rings. The van der Waals surface area contributed by atoms with Gasteiger partial charge in [-0.1, -0.05) is 101 Å². The molecule has 4 unspecified atom stereocenters. The molecule has 0 radical (unpaired) electrons. The van der Waals surface area contributed by atoms with Gasteiger partial charge in [-0.3, -0.25) is 34.6 Å². The van der Waals surface area contributed by atoms with Gasteiger partial charge in [-0.2, -0.15) is 0 Å². The van der Waals surface area contributed by atoms with Crippen molar-refractivity contribution in [1.29, 1.82) is 0 Å². The van der Waals surface area contributed by atoms with Gasteiger partial charge in [0.15, 0.2) is 0 Å². The lowest BCUT2D eigenvalue weighted by Gasteiger charge is -2.30. The van der Waals surface area contributed by atoms with E-state index in [1.165, 1.54) is 6.42 Å². The molecule has 0 aliphatic carbocycles. The summed E-state index contributed by atoms with van der Waals surface area (Å²) >= 11 is 0. The van der Waals surface area contributed by atoms with Gasteiger partial charge in [0, 0.05) is 130 Å². The van der Waals surface area contributed by atoms with E-state index < -0.39 is 6.04 Å². The summed E-state index contributed by atoms with van der Waals surface area (Å²) in [6.45, 7) is 83.7. The maximum absolute atomic E-state index is 12.6. The normalized spacial score (nSPS) is 14.3. The third kappa shape index (κ3) is 98.2. The number of unbranched alkanes of at least 4 members (excludes halogenated alkanes) is 8. The summed E-state index contributed by atoms with van der Waals surface area (Å²) < 4.78 is 62.3. The van der Waals surface area contributed by atoms with Crippen molar-refractivity contribution in [3.63, 3.8) is 0 Å². The molecule has 0 fully saturated rings. The van der Waals surface area contributed by atoms with Gasteiger partial charge in [0.05, 0.1) is 118 Å². The molecular weight excluding hydrogens is 1610 g/mol. The van der Waals surface area contributed by atoms with Gasteiger partial charge in [-0.15, -0.1) is 0 Å². The highest BCUT2D eigenvalue weighted by Crippen LogP contribution is 2.21. The summed E-state index contributed by atoms with van der Waals surface area (Å²) in [7, 11) is 0. The zero-order valence-corrected chi connectivity index (χ0v) is 88.1. The van der Waals surface area contributed by atoms with E-state index in [-0.39, 0.29) is 152 Å². The van der Waals surface area contributed by atoms with Crippen molar-refractivity contribution in [3.8, 4) is 0 Å². The molecule has 27 heteroatoms. The number of rotatable bonds is 59. The quantitative estimate of drug-likeness (QED) is 0.0252. The highest BCUT2D eigenvalue weighted by molar-refractivity contribution is 5.83. The molecule has 756 valence electrons. The molecule has 0 spiro atoms. The monoisotopic (exact) mass is 1810 g/mol. The fourth-order valence-electron chi connectivity index (χ4n) is 10.4. The first kappa shape index (κ1) is 131. The van der Waals surface area contributed by atoms with Crippen LogP contribution in [0.4, 0.5) is 0 Å². The Labute approximate surface area is 772 Å². The number of aliphatic hydroxyl groups excluding tert-OH is 4. The fraction of sp³-hybridized carbons (Fsp3) is 0.949. The third-order valence-electron chi connectivity index (χ3n) is 17.9. The maximum Gasteiger partial charge on any atom is 0.239 e. The lowest BCUT2D eigenvalue weighted by molar-refractivity contribution is -0.129. The summed E-state index contributed by atoms with van der Waals surface area (Å²) in [6.07, 6.45) is 15.7. The predicted octanol–water partition coefficient (Wildman–Crippen LogP) is 15.6. The molecule has 27 nitrogen and oxygen atoms in total. The van der Waals surface area contributed by atoms with E-state index in [1.54, 1.807) is 0 Å². The topological polar surface area (TPSA) is 352 Å². The van der Waals surface area contributed by atoms with E-state index in [0.717, 1.165) is 109 Å². The average molecular weight is 1810 g/mol. The van der Waals surface area contributed by atoms with Crippen LogP contribution in [0, 0.1) is 39.9 Å². The number of aliphatic hydroxyl groups is 4. The first-order valence-corrected chi connectivity index (χ1v) is 47.7. The van der Waals surface area contributed by atoms with E-state index in [4.69, 9.17) is 52.1 Å². The van der Waals surface area contributed by atoms with Crippen LogP contribution in [0.2, 0.25) is 0 Å². The second-order valence-corrected chi connectivity index (χ2v) is 45.6. The molecule has 0 saturated carbocycles. The Morgan fingerprint density at radius 3 is 0.802 bits per heavy atom. The third-order valence-corrected chi connectivity index (χ3v) is 17.9. The van der Waals surface area contributed by atoms with Gasteiger partial charge in [0.1, 0.15) is 12.1 Å². The van der Waals surface area contributed by atoms with Crippen LogP contribution in [0.1, 0.15) is 352 Å². The first-order chi connectivity index (χ1) is 57.5. The van der Waals surface area contributed by atoms with Crippen molar-refractivity contribution in [2.24, 2.45) is 39.9 Å². The summed E-state index contributed by atoms with van der Waals surface area (Å²) in [5.74, 6) is 0.703. The molecular formula is C99H205N7O20. The van der Waals surface area contributed by atoms with Crippen LogP contribution >= 0.6 is 0 Å². The highest BCUT2D eigenvalue weighted by atomic mass is 16.5. The molecule has 0 heterocycles. The molecule has 0 bridgehead atoms. The minimum Gasteiger partial charge on any atom is -0.396 e. The van der Waals surface area contributed by atoms with Crippen molar-refractivity contribution in [1.82, 2.24) is 37.2 Å². The number of carbonyl (C=O) groups is 5. The predicted molar refractivity (Wildman–Crippen MR) is 516 cm³/mol. The number of hydrogen-bond acceptors (Lipinski definition) is 22. The molecule has 0 saturated heterocycles. The van der Waals surface area contributed by atoms with Crippen molar-refractivity contribution < 1.29 is 96.5 Å². The van der Waals surface area contributed by atoms with Crippen LogP contribution in [0.3, 0.4) is 0 Å². The fourth-order valence-corrected chi connectivity index (χ4v) is 10.4. The maximum atomic E-state index is 12.6. The SMILES string of the molecule is CC(C)(C)N[C@@H](COC(C)(C)C)C(=O)NCCCCCCC(CO)COC(C)(C)C.CC(C)(C)N[C@@H](COC(C)(C)C)C(=O)NCCCCOCCOCCC(CO)COC(C)(C)C.CC(C)(C)OCC(CO)CCCCNC(=O)C(C)(C)C.CC(C)(C)OCC(CO)COCCOCCCNC(=O)C(C)(C)C.CC(C)(C)OCCCCCCNC(=O)C(C)(C)C. The number of amides is 5. The van der Waals surface area contributed by atoms with Gasteiger partial charge >= 0.3 is 0 Å². The molecule has 0 aromatic carbocycles. The van der Waals surface area contributed by atoms with Gasteiger partial charge in [-0.05, 0) is 251 Å². The Morgan fingerprint density at radius 2 is 0.476 bits per heavy atom. The Kier molecular flexibility index (Phi) is 72.3. The van der Waals surface area contributed by atoms with Crippen LogP contribution < -0.4 is 37.2 Å². The van der Waals surface area contributed by atoms with Crippen LogP contribution in [0.15, 0.2) is 0 Å². The largest absolute Gasteiger partial charge is 0.396 e. The van der Waals surface area contributed by atoms with Crippen molar-refractivity contribution in [3.05, 3.63) is 0 Å². The number of hydrogen-bond donors (Lipinski definition) is 11. The van der Waals surface area contributed by atoms with Gasteiger partial charge in [0.25, 0.3) is 0 Å². The summed E-state index contributed by atoms with van der Waals surface area (Å²) in [6, 6.07) is -0.754. The smallest absolute Gasteiger partial charge is 0.239 e. The second kappa shape index (κ2) is 69.5. The van der Waals surface area contributed by atoms with Gasteiger partial charge in [-0.25, -0.2) is 0 Å². The standard InChI is InChI=1S/C26H54N2O6.C24H50N2O4.C18H37NO5.C16H33NO3.C15H31NO2/c1-24(2,3)28-22(20-34-26(7,8)9)23(30)27-13-10-11-14-31-16-17-32-15-12-21(18-29)19-33-25(4,5)6;1-22(2,3)26-20(18-30-24(7,8)9)21(28)25-15-13-11-10-12-14-19(16-27)17-29-23(4,5)6;1-17(2,3)16(21)19-8-7-9-22-10-11-23-13-15(12-20)14-24-18(4,5)6;1-15(2,3)14(19)17-10-8-7-9-13(11-18)12-20-16(4,5)6;1-14(2,3)13(17)16-11-9-7-8-10-12-18-15(4,5)6/h21-22,28-29H,10-20H2,1-9H3,(H,27,30);19-20,26-27H,10-18H2,1-9H3,(H,25,28);15,20H,7-14H2,1-6H3,(H,19,21);13,18H,7-12H2,1-6H3,(H,17,19);7-12H2,1-6H3,(H,16,17)/t21?,22-;19?,20-;;;/m00.../s1. The number of carbonyl (C=O) groups excluding carboxylic acids is 5. The Morgan fingerprint density at radius 1 is 0.230 bits per heavy atom. The molecule has 11 N–H and O–H groups in total. The van der Waals surface area contributed by atoms with Crippen molar-refractivity contribution >= 4 is 29.5 Å². The van der Waals surface area contributed by atoms with E-state index in [2.05, 4.69) is 78.8 Å². The molecule has 0 rings (SSSR count). The van der Waals surface area contributed by atoms with E-state index in [0.29, 0.717) is 119 Å². The molecule has 6 atom stereocenters. The summed E-state index contributed by atoms with van der Waals surface area (Å²) in [4.78, 5) is 60.1. The minimum absolute atomic E-state index is 0.00570. The van der Waals surface area contributed by atoms with Crippen molar-refractivity contribution in [2.45, 2.75) is 414 Å². The highest BCUT2D eigenvalue weighted by Gasteiger charge is 2.30. The zero-order valence-electron chi connectivity index (χ0n) is 88.1. The van der Waals surface area contributed by atoms with Crippen LogP contribution in [0.25, 0.3) is 0 Å². The molecule has 0 aliphatic heterocycles. The summed E-state index contributed by atoms with van der Waals surface area (Å²) in [5.41, 5.74) is -2.62. The number of nitrogens with one attached hydrogen (secondary N) is 7. The Balaban J connectivity index is -0.000000493. The Bertz CT molecular complexity index is 2640. The molecule has 126 heavy (non-hydrogen) atoms. The van der Waals surface area contributed by atoms with Gasteiger partial charge < -0.3 is 99.1 Å².